The maximum Gasteiger partial charge on any atom is 0.257 e. The number of amides is 1. The maximum atomic E-state index is 13.3. The van der Waals surface area contributed by atoms with Gasteiger partial charge < -0.3 is 23.8 Å². The molecule has 0 saturated carbocycles. The van der Waals surface area contributed by atoms with Crippen LogP contribution in [0.15, 0.2) is 52.0 Å². The predicted octanol–water partition coefficient (Wildman–Crippen LogP) is 3.42. The summed E-state index contributed by atoms with van der Waals surface area (Å²) in [6.45, 7) is 7.65. The fourth-order valence-electron chi connectivity index (χ4n) is 4.02. The maximum absolute atomic E-state index is 13.3. The van der Waals surface area contributed by atoms with Gasteiger partial charge in [-0.25, -0.2) is 8.42 Å². The summed E-state index contributed by atoms with van der Waals surface area (Å²) in [4.78, 5) is 13.1. The van der Waals surface area contributed by atoms with E-state index < -0.39 is 10.0 Å². The van der Waals surface area contributed by atoms with Crippen molar-refractivity contribution in [1.29, 1.82) is 0 Å². The van der Waals surface area contributed by atoms with Crippen LogP contribution in [0, 0.1) is 13.8 Å². The topological polar surface area (TPSA) is 103 Å². The number of sulfonamides is 1. The van der Waals surface area contributed by atoms with Gasteiger partial charge in [0.2, 0.25) is 10.0 Å². The number of nitrogens with one attached hydrogen (secondary N) is 1. The average Bonchev–Trinajstić information content (AvgIpc) is 3.44. The second-order valence-corrected chi connectivity index (χ2v) is 9.92. The van der Waals surface area contributed by atoms with Crippen LogP contribution in [0.1, 0.15) is 34.4 Å². The van der Waals surface area contributed by atoms with Crippen molar-refractivity contribution in [2.45, 2.75) is 32.2 Å². The van der Waals surface area contributed by atoms with E-state index in [4.69, 9.17) is 13.9 Å². The average molecular weight is 488 g/mol. The quantitative estimate of drug-likeness (QED) is 0.522. The molecule has 1 aliphatic rings. The number of benzene rings is 1. The molecule has 182 valence electrons. The predicted molar refractivity (Wildman–Crippen MR) is 127 cm³/mol. The molecule has 0 unspecified atom stereocenters. The number of anilines is 1. The number of nitrogens with zero attached hydrogens (tertiary/aromatic N) is 2. The van der Waals surface area contributed by atoms with Crippen molar-refractivity contribution in [3.05, 3.63) is 65.4 Å². The van der Waals surface area contributed by atoms with E-state index in [0.717, 1.165) is 17.1 Å². The zero-order valence-electron chi connectivity index (χ0n) is 19.5. The van der Waals surface area contributed by atoms with Gasteiger partial charge in [0.15, 0.2) is 0 Å². The Kier molecular flexibility index (Phi) is 7.11. The minimum atomic E-state index is -3.82. The first-order chi connectivity index (χ1) is 16.3. The zero-order chi connectivity index (χ0) is 24.3. The lowest BCUT2D eigenvalue weighted by Crippen LogP contribution is -2.40. The first kappa shape index (κ1) is 24.1. The van der Waals surface area contributed by atoms with Gasteiger partial charge in [0, 0.05) is 30.2 Å². The summed E-state index contributed by atoms with van der Waals surface area (Å²) < 4.78 is 46.3. The van der Waals surface area contributed by atoms with Crippen molar-refractivity contribution in [1.82, 2.24) is 8.87 Å². The van der Waals surface area contributed by atoms with Crippen molar-refractivity contribution >= 4 is 21.6 Å². The molecule has 1 saturated heterocycles. The number of rotatable bonds is 8. The number of morpholine rings is 1. The van der Waals surface area contributed by atoms with Crippen LogP contribution in [0.5, 0.6) is 5.75 Å². The molecule has 1 amide bonds. The van der Waals surface area contributed by atoms with Gasteiger partial charge in [-0.05, 0) is 57.2 Å². The molecular weight excluding hydrogens is 458 g/mol. The third kappa shape index (κ3) is 4.89. The van der Waals surface area contributed by atoms with E-state index in [1.807, 2.05) is 36.6 Å². The molecule has 1 aromatic carbocycles. The summed E-state index contributed by atoms with van der Waals surface area (Å²) >= 11 is 0. The second kappa shape index (κ2) is 10.0. The third-order valence-electron chi connectivity index (χ3n) is 5.80. The molecule has 2 aromatic heterocycles. The molecule has 0 aliphatic carbocycles. The molecule has 0 atom stereocenters. The molecule has 0 bridgehead atoms. The Morgan fingerprint density at radius 3 is 2.59 bits per heavy atom. The van der Waals surface area contributed by atoms with Crippen LogP contribution in [0.4, 0.5) is 5.69 Å². The van der Waals surface area contributed by atoms with E-state index in [1.165, 1.54) is 10.4 Å². The molecule has 1 aliphatic heterocycles. The lowest BCUT2D eigenvalue weighted by Gasteiger charge is -2.27. The van der Waals surface area contributed by atoms with Gasteiger partial charge in [-0.3, -0.25) is 4.79 Å². The SMILES string of the molecule is CCOc1ccc(NC(=O)c2cc(C)n(Cc3ccco3)c2C)cc1S(=O)(=O)N1CCOCC1. The van der Waals surface area contributed by atoms with Gasteiger partial charge in [-0.1, -0.05) is 0 Å². The van der Waals surface area contributed by atoms with E-state index in [9.17, 15) is 13.2 Å². The Balaban J connectivity index is 1.61. The van der Waals surface area contributed by atoms with E-state index in [-0.39, 0.29) is 29.6 Å². The summed E-state index contributed by atoms with van der Waals surface area (Å²) in [5.41, 5.74) is 2.59. The molecule has 9 nitrogen and oxygen atoms in total. The third-order valence-corrected chi connectivity index (χ3v) is 7.72. The molecule has 3 heterocycles. The molecule has 10 heteroatoms. The summed E-state index contributed by atoms with van der Waals surface area (Å²) in [6.07, 6.45) is 1.62. The number of furan rings is 1. The van der Waals surface area contributed by atoms with Crippen molar-refractivity contribution in [2.24, 2.45) is 0 Å². The number of ether oxygens (including phenoxy) is 2. The molecule has 34 heavy (non-hydrogen) atoms. The molecule has 0 radical (unpaired) electrons. The monoisotopic (exact) mass is 487 g/mol. The number of hydrogen-bond acceptors (Lipinski definition) is 6. The Morgan fingerprint density at radius 2 is 1.91 bits per heavy atom. The van der Waals surface area contributed by atoms with Crippen LogP contribution < -0.4 is 10.1 Å². The first-order valence-corrected chi connectivity index (χ1v) is 12.6. The molecule has 1 fully saturated rings. The van der Waals surface area contributed by atoms with Crippen LogP contribution >= 0.6 is 0 Å². The van der Waals surface area contributed by atoms with Crippen molar-refractivity contribution < 1.29 is 27.1 Å². The Bertz CT molecular complexity index is 1260. The number of carbonyl (C=O) groups is 1. The van der Waals surface area contributed by atoms with Crippen LogP contribution in [0.3, 0.4) is 0 Å². The molecular formula is C24H29N3O6S. The standard InChI is InChI=1S/C24H29N3O6S/c1-4-32-22-8-7-19(15-23(22)34(29,30)26-9-12-31-13-10-26)25-24(28)21-14-17(2)27(18(21)3)16-20-6-5-11-33-20/h5-8,11,14-15H,4,9-10,12-13,16H2,1-3H3,(H,25,28). The molecule has 4 rings (SSSR count). The van der Waals surface area contributed by atoms with Crippen LogP contribution in [0.25, 0.3) is 0 Å². The number of aryl methyl sites for hydroxylation is 1. The van der Waals surface area contributed by atoms with Gasteiger partial charge >= 0.3 is 0 Å². The fourth-order valence-corrected chi connectivity index (χ4v) is 5.58. The first-order valence-electron chi connectivity index (χ1n) is 11.2. The normalized spacial score (nSPS) is 14.8. The molecule has 1 N–H and O–H groups in total. The molecule has 0 spiro atoms. The highest BCUT2D eigenvalue weighted by molar-refractivity contribution is 7.89. The van der Waals surface area contributed by atoms with E-state index in [2.05, 4.69) is 5.32 Å². The van der Waals surface area contributed by atoms with E-state index in [0.29, 0.717) is 37.6 Å². The van der Waals surface area contributed by atoms with Gasteiger partial charge in [-0.15, -0.1) is 0 Å². The van der Waals surface area contributed by atoms with Gasteiger partial charge in [-0.2, -0.15) is 4.31 Å². The summed E-state index contributed by atoms with van der Waals surface area (Å²) in [5, 5.41) is 2.84. The second-order valence-electron chi connectivity index (χ2n) is 8.02. The van der Waals surface area contributed by atoms with Crippen LogP contribution in [-0.4, -0.2) is 56.1 Å². The minimum Gasteiger partial charge on any atom is -0.492 e. The zero-order valence-corrected chi connectivity index (χ0v) is 20.4. The lowest BCUT2D eigenvalue weighted by molar-refractivity contribution is 0.0729. The van der Waals surface area contributed by atoms with E-state index >= 15 is 0 Å². The Labute approximate surface area is 199 Å². The van der Waals surface area contributed by atoms with Gasteiger partial charge in [0.25, 0.3) is 5.91 Å². The summed E-state index contributed by atoms with van der Waals surface area (Å²) in [6, 6.07) is 10.2. The lowest BCUT2D eigenvalue weighted by atomic mass is 10.2. The highest BCUT2D eigenvalue weighted by atomic mass is 32.2. The number of aromatic nitrogens is 1. The van der Waals surface area contributed by atoms with Crippen LogP contribution in [-0.2, 0) is 21.3 Å². The highest BCUT2D eigenvalue weighted by Crippen LogP contribution is 2.31. The minimum absolute atomic E-state index is 0.0253. The largest absolute Gasteiger partial charge is 0.492 e. The number of carbonyl (C=O) groups excluding carboxylic acids is 1. The Hall–Kier alpha value is -3.08. The van der Waals surface area contributed by atoms with Crippen molar-refractivity contribution in [3.63, 3.8) is 0 Å². The Morgan fingerprint density at radius 1 is 1.15 bits per heavy atom. The van der Waals surface area contributed by atoms with E-state index in [1.54, 1.807) is 25.3 Å². The van der Waals surface area contributed by atoms with Crippen LogP contribution in [0.2, 0.25) is 0 Å². The highest BCUT2D eigenvalue weighted by Gasteiger charge is 2.30. The van der Waals surface area contributed by atoms with Gasteiger partial charge in [0.1, 0.15) is 16.4 Å². The summed E-state index contributed by atoms with van der Waals surface area (Å²) in [7, 11) is -3.82. The summed E-state index contributed by atoms with van der Waals surface area (Å²) in [5.74, 6) is 0.722. The number of hydrogen-bond donors (Lipinski definition) is 1. The van der Waals surface area contributed by atoms with Gasteiger partial charge in [0.05, 0.1) is 38.2 Å². The smallest absolute Gasteiger partial charge is 0.257 e. The van der Waals surface area contributed by atoms with Crippen molar-refractivity contribution in [3.8, 4) is 5.75 Å². The van der Waals surface area contributed by atoms with Crippen molar-refractivity contribution in [2.75, 3.05) is 38.2 Å². The fraction of sp³-hybridized carbons (Fsp3) is 0.375. The molecule has 3 aromatic rings.